The smallest absolute Gasteiger partial charge is 0.234 e. The predicted octanol–water partition coefficient (Wildman–Crippen LogP) is 2.38. The summed E-state index contributed by atoms with van der Waals surface area (Å²) in [7, 11) is 0. The van der Waals surface area contributed by atoms with Crippen molar-refractivity contribution in [1.29, 1.82) is 0 Å². The zero-order chi connectivity index (χ0) is 13.7. The maximum Gasteiger partial charge on any atom is 0.234 e. The summed E-state index contributed by atoms with van der Waals surface area (Å²) in [5.41, 5.74) is 0. The number of rotatable bonds is 3. The molecule has 0 spiro atoms. The van der Waals surface area contributed by atoms with Crippen LogP contribution in [0.5, 0.6) is 0 Å². The fourth-order valence-corrected chi connectivity index (χ4v) is 4.66. The first-order chi connectivity index (χ1) is 9.69. The standard InChI is InChI=1S/C14H21N5S/c1-8(2)13-16-17-14-19(13)18-12(20-14)7-9-5-10-3-4-11(6-9)15-10/h8-11,15H,3-7H2,1-2H3. The van der Waals surface area contributed by atoms with Gasteiger partial charge in [0, 0.05) is 24.4 Å². The van der Waals surface area contributed by atoms with Gasteiger partial charge in [-0.05, 0) is 31.6 Å². The second kappa shape index (κ2) is 4.77. The molecule has 2 aliphatic heterocycles. The Bertz CT molecular complexity index is 604. The zero-order valence-electron chi connectivity index (χ0n) is 12.0. The number of hydrogen-bond acceptors (Lipinski definition) is 5. The van der Waals surface area contributed by atoms with Gasteiger partial charge in [-0.15, -0.1) is 10.2 Å². The van der Waals surface area contributed by atoms with Crippen molar-refractivity contribution in [2.75, 3.05) is 0 Å². The minimum atomic E-state index is 0.370. The van der Waals surface area contributed by atoms with E-state index in [-0.39, 0.29) is 0 Å². The molecule has 1 N–H and O–H groups in total. The lowest BCUT2D eigenvalue weighted by Crippen LogP contribution is -2.38. The van der Waals surface area contributed by atoms with Gasteiger partial charge in [-0.1, -0.05) is 25.2 Å². The molecule has 2 aromatic rings. The largest absolute Gasteiger partial charge is 0.311 e. The van der Waals surface area contributed by atoms with Crippen molar-refractivity contribution in [2.24, 2.45) is 5.92 Å². The van der Waals surface area contributed by atoms with E-state index in [1.54, 1.807) is 11.3 Å². The van der Waals surface area contributed by atoms with Crippen molar-refractivity contribution >= 4 is 16.3 Å². The molecule has 2 aliphatic rings. The minimum Gasteiger partial charge on any atom is -0.311 e. The molecular formula is C14H21N5S. The molecule has 0 aromatic carbocycles. The Morgan fingerprint density at radius 1 is 1.25 bits per heavy atom. The number of nitrogens with one attached hydrogen (secondary N) is 1. The van der Waals surface area contributed by atoms with E-state index < -0.39 is 0 Å². The molecule has 108 valence electrons. The predicted molar refractivity (Wildman–Crippen MR) is 79.1 cm³/mol. The van der Waals surface area contributed by atoms with Gasteiger partial charge in [0.25, 0.3) is 0 Å². The highest BCUT2D eigenvalue weighted by Crippen LogP contribution is 2.33. The zero-order valence-corrected chi connectivity index (χ0v) is 12.9. The van der Waals surface area contributed by atoms with Gasteiger partial charge in [0.2, 0.25) is 4.96 Å². The van der Waals surface area contributed by atoms with E-state index >= 15 is 0 Å². The van der Waals surface area contributed by atoms with Gasteiger partial charge >= 0.3 is 0 Å². The average molecular weight is 291 g/mol. The molecule has 2 saturated heterocycles. The van der Waals surface area contributed by atoms with Crippen molar-refractivity contribution in [3.63, 3.8) is 0 Å². The number of piperidine rings is 1. The molecule has 5 nitrogen and oxygen atoms in total. The molecule has 6 heteroatoms. The van der Waals surface area contributed by atoms with Crippen LogP contribution in [-0.4, -0.2) is 31.9 Å². The molecular weight excluding hydrogens is 270 g/mol. The maximum atomic E-state index is 4.75. The Balaban J connectivity index is 1.54. The first-order valence-electron chi connectivity index (χ1n) is 7.66. The van der Waals surface area contributed by atoms with E-state index in [0.29, 0.717) is 5.92 Å². The van der Waals surface area contributed by atoms with Crippen LogP contribution in [0, 0.1) is 5.92 Å². The van der Waals surface area contributed by atoms with Gasteiger partial charge < -0.3 is 5.32 Å². The highest BCUT2D eigenvalue weighted by atomic mass is 32.1. The van der Waals surface area contributed by atoms with Gasteiger partial charge in [-0.25, -0.2) is 0 Å². The summed E-state index contributed by atoms with van der Waals surface area (Å²) in [5.74, 6) is 2.14. The van der Waals surface area contributed by atoms with E-state index in [9.17, 15) is 0 Å². The lowest BCUT2D eigenvalue weighted by Gasteiger charge is -2.28. The van der Waals surface area contributed by atoms with Gasteiger partial charge in [0.15, 0.2) is 5.82 Å². The van der Waals surface area contributed by atoms with E-state index in [1.165, 1.54) is 30.7 Å². The van der Waals surface area contributed by atoms with E-state index in [1.807, 2.05) is 4.52 Å². The van der Waals surface area contributed by atoms with Crippen LogP contribution in [-0.2, 0) is 6.42 Å². The monoisotopic (exact) mass is 291 g/mol. The molecule has 2 aromatic heterocycles. The summed E-state index contributed by atoms with van der Waals surface area (Å²) in [5, 5.41) is 18.2. The fraction of sp³-hybridized carbons (Fsp3) is 0.786. The first-order valence-corrected chi connectivity index (χ1v) is 8.47. The molecule has 20 heavy (non-hydrogen) atoms. The average Bonchev–Trinajstić information content (AvgIpc) is 3.03. The molecule has 4 heterocycles. The van der Waals surface area contributed by atoms with E-state index in [2.05, 4.69) is 29.4 Å². The minimum absolute atomic E-state index is 0.370. The highest BCUT2D eigenvalue weighted by molar-refractivity contribution is 7.16. The molecule has 2 fully saturated rings. The van der Waals surface area contributed by atoms with Crippen molar-refractivity contribution in [1.82, 2.24) is 25.1 Å². The van der Waals surface area contributed by atoms with Crippen molar-refractivity contribution in [2.45, 2.75) is 64.0 Å². The number of fused-ring (bicyclic) bond motifs is 3. The van der Waals surface area contributed by atoms with Crippen LogP contribution in [0.3, 0.4) is 0 Å². The summed E-state index contributed by atoms with van der Waals surface area (Å²) in [6.07, 6.45) is 6.47. The third-order valence-corrected chi connectivity index (χ3v) is 5.53. The van der Waals surface area contributed by atoms with Crippen LogP contribution in [0.25, 0.3) is 4.96 Å². The van der Waals surface area contributed by atoms with E-state index in [0.717, 1.165) is 35.2 Å². The Hall–Kier alpha value is -1.01. The topological polar surface area (TPSA) is 55.1 Å². The van der Waals surface area contributed by atoms with Gasteiger partial charge in [0.1, 0.15) is 5.01 Å². The number of hydrogen-bond donors (Lipinski definition) is 1. The molecule has 2 unspecified atom stereocenters. The van der Waals surface area contributed by atoms with Crippen molar-refractivity contribution < 1.29 is 0 Å². The second-order valence-corrected chi connectivity index (χ2v) is 7.62. The lowest BCUT2D eigenvalue weighted by atomic mass is 9.90. The Kier molecular flexibility index (Phi) is 3.03. The van der Waals surface area contributed by atoms with Crippen LogP contribution in [0.4, 0.5) is 0 Å². The van der Waals surface area contributed by atoms with Crippen LogP contribution in [0.15, 0.2) is 0 Å². The summed E-state index contributed by atoms with van der Waals surface area (Å²) in [6, 6.07) is 1.52. The number of nitrogens with zero attached hydrogens (tertiary/aromatic N) is 4. The quantitative estimate of drug-likeness (QED) is 0.943. The van der Waals surface area contributed by atoms with E-state index in [4.69, 9.17) is 5.10 Å². The van der Waals surface area contributed by atoms with Crippen LogP contribution < -0.4 is 5.32 Å². The summed E-state index contributed by atoms with van der Waals surface area (Å²) < 4.78 is 1.94. The SMILES string of the molecule is CC(C)c1nnc2sc(CC3CC4CCC(C3)N4)nn12. The molecule has 0 amide bonds. The van der Waals surface area contributed by atoms with Crippen molar-refractivity contribution in [3.8, 4) is 0 Å². The third-order valence-electron chi connectivity index (χ3n) is 4.61. The molecule has 2 atom stereocenters. The second-order valence-electron chi connectivity index (χ2n) is 6.58. The summed E-state index contributed by atoms with van der Waals surface area (Å²) in [6.45, 7) is 4.28. The van der Waals surface area contributed by atoms with Crippen molar-refractivity contribution in [3.05, 3.63) is 10.8 Å². The molecule has 0 aliphatic carbocycles. The number of aromatic nitrogens is 4. The molecule has 0 saturated carbocycles. The summed E-state index contributed by atoms with van der Waals surface area (Å²) in [4.78, 5) is 0.945. The van der Waals surface area contributed by atoms with Gasteiger partial charge in [-0.3, -0.25) is 0 Å². The molecule has 4 rings (SSSR count). The van der Waals surface area contributed by atoms with Gasteiger partial charge in [0.05, 0.1) is 0 Å². The Morgan fingerprint density at radius 2 is 2.00 bits per heavy atom. The Morgan fingerprint density at radius 3 is 2.70 bits per heavy atom. The molecule has 2 bridgehead atoms. The highest BCUT2D eigenvalue weighted by Gasteiger charge is 2.33. The van der Waals surface area contributed by atoms with Crippen LogP contribution in [0.1, 0.15) is 56.3 Å². The fourth-order valence-electron chi connectivity index (χ4n) is 3.70. The summed E-state index contributed by atoms with van der Waals surface area (Å²) >= 11 is 1.71. The van der Waals surface area contributed by atoms with Crippen LogP contribution >= 0.6 is 11.3 Å². The lowest BCUT2D eigenvalue weighted by molar-refractivity contribution is 0.298. The third kappa shape index (κ3) is 2.15. The maximum absolute atomic E-state index is 4.75. The normalized spacial score (nSPS) is 29.6. The van der Waals surface area contributed by atoms with Crippen LogP contribution in [0.2, 0.25) is 0 Å². The molecule has 0 radical (unpaired) electrons. The first kappa shape index (κ1) is 12.7. The van der Waals surface area contributed by atoms with Gasteiger partial charge in [-0.2, -0.15) is 9.61 Å². The Labute approximate surface area is 122 Å².